The summed E-state index contributed by atoms with van der Waals surface area (Å²) >= 11 is 1.59. The summed E-state index contributed by atoms with van der Waals surface area (Å²) in [6, 6.07) is 2.05. The van der Waals surface area contributed by atoms with Crippen LogP contribution in [0.5, 0.6) is 0 Å². The molecule has 27 heavy (non-hydrogen) atoms. The molecule has 1 saturated heterocycles. The predicted molar refractivity (Wildman–Crippen MR) is 104 cm³/mol. The molecule has 2 aliphatic heterocycles. The van der Waals surface area contributed by atoms with E-state index in [0.29, 0.717) is 24.7 Å². The minimum Gasteiger partial charge on any atom is -0.369 e. The maximum atomic E-state index is 12.9. The normalized spacial score (nSPS) is 18.0. The molecule has 0 unspecified atom stereocenters. The number of aromatic nitrogens is 2. The van der Waals surface area contributed by atoms with Gasteiger partial charge in [-0.3, -0.25) is 4.79 Å². The number of nitrogens with one attached hydrogen (secondary N) is 1. The highest BCUT2D eigenvalue weighted by Gasteiger charge is 2.41. The first-order valence-corrected chi connectivity index (χ1v) is 9.98. The van der Waals surface area contributed by atoms with E-state index >= 15 is 0 Å². The third-order valence-electron chi connectivity index (χ3n) is 5.13. The van der Waals surface area contributed by atoms with Crippen molar-refractivity contribution >= 4 is 29.7 Å². The number of aryl methyl sites for hydroxylation is 1. The van der Waals surface area contributed by atoms with Gasteiger partial charge in [0.05, 0.1) is 18.0 Å². The van der Waals surface area contributed by atoms with Gasteiger partial charge in [-0.15, -0.1) is 23.7 Å². The first kappa shape index (κ1) is 20.3. The Morgan fingerprint density at radius 3 is 2.89 bits per heavy atom. The minimum absolute atomic E-state index is 0. The Hall–Kier alpha value is -1.48. The lowest BCUT2D eigenvalue weighted by Gasteiger charge is -2.40. The number of amides is 1. The molecular formula is C18H25ClN4O3S. The molecule has 1 fully saturated rings. The second-order valence-electron chi connectivity index (χ2n) is 6.93. The molecule has 1 N–H and O–H groups in total. The van der Waals surface area contributed by atoms with Crippen LogP contribution in [-0.4, -0.2) is 47.7 Å². The number of fused-ring (bicyclic) bond motifs is 2. The number of ether oxygens (including phenoxy) is 1. The second kappa shape index (κ2) is 8.26. The number of hydrogen-bond acceptors (Lipinski definition) is 7. The van der Waals surface area contributed by atoms with E-state index in [0.717, 1.165) is 43.8 Å². The van der Waals surface area contributed by atoms with Crippen molar-refractivity contribution in [2.24, 2.45) is 0 Å². The smallest absolute Gasteiger partial charge is 0.264 e. The molecule has 0 radical (unpaired) electrons. The molecule has 0 aromatic carbocycles. The van der Waals surface area contributed by atoms with Crippen LogP contribution in [0.3, 0.4) is 0 Å². The van der Waals surface area contributed by atoms with Gasteiger partial charge in [0.25, 0.3) is 5.91 Å². The lowest BCUT2D eigenvalue weighted by atomic mass is 9.86. The zero-order valence-electron chi connectivity index (χ0n) is 15.6. The fraction of sp³-hybridized carbons (Fsp3) is 0.611. The van der Waals surface area contributed by atoms with Gasteiger partial charge in [0.2, 0.25) is 5.89 Å². The van der Waals surface area contributed by atoms with E-state index in [4.69, 9.17) is 9.26 Å². The summed E-state index contributed by atoms with van der Waals surface area (Å²) in [5.74, 6) is 1.13. The molecule has 0 bridgehead atoms. The average molecular weight is 413 g/mol. The van der Waals surface area contributed by atoms with Crippen LogP contribution >= 0.6 is 23.7 Å². The fourth-order valence-corrected chi connectivity index (χ4v) is 5.10. The number of carbonyl (C=O) groups is 1. The molecule has 2 aromatic rings. The Morgan fingerprint density at radius 1 is 1.41 bits per heavy atom. The van der Waals surface area contributed by atoms with E-state index in [1.165, 1.54) is 10.4 Å². The van der Waals surface area contributed by atoms with Crippen molar-refractivity contribution in [1.29, 1.82) is 0 Å². The Balaban J connectivity index is 0.00000210. The lowest BCUT2D eigenvalue weighted by Crippen LogP contribution is -2.43. The lowest BCUT2D eigenvalue weighted by molar-refractivity contribution is -0.0771. The zero-order valence-corrected chi connectivity index (χ0v) is 17.3. The SMILES string of the molecule is CCc1nc(CN(C)C(=O)c2cc3c(s2)C2(CCNCC2)OCC3)no1.Cl. The van der Waals surface area contributed by atoms with E-state index in [-0.39, 0.29) is 23.9 Å². The number of carbonyl (C=O) groups excluding carboxylic acids is 1. The maximum absolute atomic E-state index is 12.9. The van der Waals surface area contributed by atoms with Crippen molar-refractivity contribution in [2.45, 2.75) is 44.8 Å². The van der Waals surface area contributed by atoms with Crippen molar-refractivity contribution < 1.29 is 14.1 Å². The number of nitrogens with zero attached hydrogens (tertiary/aromatic N) is 3. The molecule has 2 aromatic heterocycles. The van der Waals surface area contributed by atoms with Gasteiger partial charge < -0.3 is 19.5 Å². The third kappa shape index (κ3) is 3.89. The van der Waals surface area contributed by atoms with Gasteiger partial charge in [-0.05, 0) is 44.0 Å². The molecule has 9 heteroatoms. The summed E-state index contributed by atoms with van der Waals surface area (Å²) in [6.45, 7) is 4.95. The minimum atomic E-state index is -0.204. The molecule has 0 saturated carbocycles. The summed E-state index contributed by atoms with van der Waals surface area (Å²) < 4.78 is 11.3. The van der Waals surface area contributed by atoms with Crippen LogP contribution in [0.2, 0.25) is 0 Å². The van der Waals surface area contributed by atoms with Crippen molar-refractivity contribution in [1.82, 2.24) is 20.4 Å². The number of piperidine rings is 1. The monoisotopic (exact) mass is 412 g/mol. The van der Waals surface area contributed by atoms with Crippen molar-refractivity contribution in [3.63, 3.8) is 0 Å². The summed E-state index contributed by atoms with van der Waals surface area (Å²) in [7, 11) is 1.78. The van der Waals surface area contributed by atoms with Gasteiger partial charge >= 0.3 is 0 Å². The highest BCUT2D eigenvalue weighted by Crippen LogP contribution is 2.44. The number of halogens is 1. The van der Waals surface area contributed by atoms with Crippen LogP contribution in [0.4, 0.5) is 0 Å². The quantitative estimate of drug-likeness (QED) is 0.831. The molecular weight excluding hydrogens is 388 g/mol. The first-order valence-electron chi connectivity index (χ1n) is 9.16. The van der Waals surface area contributed by atoms with E-state index in [9.17, 15) is 4.79 Å². The number of hydrogen-bond donors (Lipinski definition) is 1. The van der Waals surface area contributed by atoms with E-state index in [1.54, 1.807) is 23.3 Å². The zero-order chi connectivity index (χ0) is 18.1. The van der Waals surface area contributed by atoms with Crippen molar-refractivity contribution in [3.05, 3.63) is 33.1 Å². The van der Waals surface area contributed by atoms with Crippen LogP contribution in [0, 0.1) is 0 Å². The van der Waals surface area contributed by atoms with Gasteiger partial charge in [-0.2, -0.15) is 4.98 Å². The summed E-state index contributed by atoms with van der Waals surface area (Å²) in [4.78, 5) is 20.9. The van der Waals surface area contributed by atoms with Gasteiger partial charge in [-0.25, -0.2) is 0 Å². The number of thiophene rings is 1. The number of rotatable bonds is 4. The molecule has 0 aliphatic carbocycles. The molecule has 1 spiro atoms. The molecule has 7 nitrogen and oxygen atoms in total. The fourth-order valence-electron chi connectivity index (χ4n) is 3.70. The van der Waals surface area contributed by atoms with Gasteiger partial charge in [0, 0.05) is 18.3 Å². The van der Waals surface area contributed by atoms with Gasteiger partial charge in [-0.1, -0.05) is 12.1 Å². The molecule has 4 heterocycles. The van der Waals surface area contributed by atoms with Crippen LogP contribution in [-0.2, 0) is 29.7 Å². The highest BCUT2D eigenvalue weighted by atomic mass is 35.5. The van der Waals surface area contributed by atoms with Gasteiger partial charge in [0.15, 0.2) is 5.82 Å². The average Bonchev–Trinajstić information content (AvgIpc) is 3.29. The molecule has 4 rings (SSSR count). The molecule has 1 amide bonds. The van der Waals surface area contributed by atoms with Crippen molar-refractivity contribution in [2.75, 3.05) is 26.7 Å². The first-order chi connectivity index (χ1) is 12.6. The molecule has 148 valence electrons. The van der Waals surface area contributed by atoms with Crippen molar-refractivity contribution in [3.8, 4) is 0 Å². The van der Waals surface area contributed by atoms with Gasteiger partial charge in [0.1, 0.15) is 5.60 Å². The summed E-state index contributed by atoms with van der Waals surface area (Å²) in [6.07, 6.45) is 3.50. The van der Waals surface area contributed by atoms with Crippen LogP contribution < -0.4 is 5.32 Å². The second-order valence-corrected chi connectivity index (χ2v) is 7.98. The van der Waals surface area contributed by atoms with Crippen LogP contribution in [0.15, 0.2) is 10.6 Å². The highest BCUT2D eigenvalue weighted by molar-refractivity contribution is 7.14. The topological polar surface area (TPSA) is 80.5 Å². The Labute approximate surface area is 168 Å². The predicted octanol–water partition coefficient (Wildman–Crippen LogP) is 2.54. The summed E-state index contributed by atoms with van der Waals surface area (Å²) in [5, 5.41) is 7.33. The standard InChI is InChI=1S/C18H24N4O3S.ClH/c1-3-15-20-14(21-25-15)11-22(2)17(23)13-10-12-4-9-24-18(16(12)26-13)5-7-19-8-6-18;/h10,19H,3-9,11H2,1-2H3;1H. The van der Waals surface area contributed by atoms with E-state index in [2.05, 4.69) is 21.5 Å². The third-order valence-corrected chi connectivity index (χ3v) is 6.48. The Bertz CT molecular complexity index is 800. The molecule has 2 aliphatic rings. The van der Waals surface area contributed by atoms with Crippen LogP contribution in [0.1, 0.15) is 51.6 Å². The van der Waals surface area contributed by atoms with Crippen LogP contribution in [0.25, 0.3) is 0 Å². The maximum Gasteiger partial charge on any atom is 0.264 e. The summed E-state index contributed by atoms with van der Waals surface area (Å²) in [5.41, 5.74) is 1.07. The largest absolute Gasteiger partial charge is 0.369 e. The molecule has 0 atom stereocenters. The Morgan fingerprint density at radius 2 is 2.19 bits per heavy atom. The Kier molecular flexibility index (Phi) is 6.20. The van der Waals surface area contributed by atoms with E-state index < -0.39 is 0 Å². The van der Waals surface area contributed by atoms with E-state index in [1.807, 2.05) is 6.92 Å².